The summed E-state index contributed by atoms with van der Waals surface area (Å²) in [5, 5.41) is 5.07. The van der Waals surface area contributed by atoms with Gasteiger partial charge in [-0.15, -0.1) is 0 Å². The highest BCUT2D eigenvalue weighted by Gasteiger charge is 2.22. The molecule has 23 heavy (non-hydrogen) atoms. The van der Waals surface area contributed by atoms with Crippen LogP contribution in [0.3, 0.4) is 0 Å². The van der Waals surface area contributed by atoms with E-state index in [0.717, 1.165) is 5.56 Å². The number of hydrogen-bond acceptors (Lipinski definition) is 4. The Bertz CT molecular complexity index is 656. The molecule has 0 bridgehead atoms. The van der Waals surface area contributed by atoms with Gasteiger partial charge in [0.1, 0.15) is 6.04 Å². The van der Waals surface area contributed by atoms with E-state index in [0.29, 0.717) is 0 Å². The van der Waals surface area contributed by atoms with Gasteiger partial charge in [-0.2, -0.15) is 0 Å². The summed E-state index contributed by atoms with van der Waals surface area (Å²) in [6, 6.07) is 4.63. The van der Waals surface area contributed by atoms with Crippen LogP contribution in [-0.4, -0.2) is 33.4 Å². The Morgan fingerprint density at radius 1 is 1.17 bits per heavy atom. The number of amides is 3. The zero-order valence-corrected chi connectivity index (χ0v) is 14.1. The normalized spacial score (nSPS) is 12.7. The second kappa shape index (κ2) is 7.93. The van der Waals surface area contributed by atoms with Crippen LogP contribution in [0, 0.1) is 5.92 Å². The third-order valence-corrected chi connectivity index (χ3v) is 4.65. The molecule has 1 rings (SSSR count). The van der Waals surface area contributed by atoms with Gasteiger partial charge in [-0.1, -0.05) is 26.0 Å². The zero-order valence-electron chi connectivity index (χ0n) is 13.3. The molecule has 0 aliphatic carbocycles. The first kappa shape index (κ1) is 18.9. The Balaban J connectivity index is 2.70. The van der Waals surface area contributed by atoms with Crippen molar-refractivity contribution in [3.63, 3.8) is 0 Å². The van der Waals surface area contributed by atoms with Crippen molar-refractivity contribution >= 4 is 22.0 Å². The molecule has 1 aromatic carbocycles. The van der Waals surface area contributed by atoms with Crippen LogP contribution in [0.4, 0.5) is 4.79 Å². The quantitative estimate of drug-likeness (QED) is 0.551. The fraction of sp³-hybridized carbons (Fsp3) is 0.429. The van der Waals surface area contributed by atoms with E-state index in [1.54, 1.807) is 26.0 Å². The van der Waals surface area contributed by atoms with Crippen molar-refractivity contribution in [1.29, 1.82) is 0 Å². The lowest BCUT2D eigenvalue weighted by Crippen LogP contribution is -2.51. The molecule has 1 atom stereocenters. The van der Waals surface area contributed by atoms with Crippen LogP contribution < -0.4 is 21.1 Å². The minimum atomic E-state index is -3.48. The van der Waals surface area contributed by atoms with Gasteiger partial charge in [0, 0.05) is 6.54 Å². The SMILES string of the molecule is CNS(=O)(=O)c1ccc(CNC(=O)C(NC(N)=O)C(C)C)cc1. The molecule has 0 fully saturated rings. The molecule has 3 amide bonds. The summed E-state index contributed by atoms with van der Waals surface area (Å²) in [6.45, 7) is 3.79. The maximum absolute atomic E-state index is 12.1. The predicted molar refractivity (Wildman–Crippen MR) is 85.9 cm³/mol. The van der Waals surface area contributed by atoms with Crippen molar-refractivity contribution in [3.8, 4) is 0 Å². The van der Waals surface area contributed by atoms with E-state index < -0.39 is 22.1 Å². The van der Waals surface area contributed by atoms with Gasteiger partial charge in [0.05, 0.1) is 4.90 Å². The number of primary amides is 1. The molecule has 0 aliphatic rings. The van der Waals surface area contributed by atoms with Crippen LogP contribution in [0.25, 0.3) is 0 Å². The summed E-state index contributed by atoms with van der Waals surface area (Å²) in [5.74, 6) is -0.476. The van der Waals surface area contributed by atoms with Crippen LogP contribution in [0.1, 0.15) is 19.4 Å². The van der Waals surface area contributed by atoms with Gasteiger partial charge in [-0.05, 0) is 30.7 Å². The number of nitrogens with one attached hydrogen (secondary N) is 3. The molecule has 128 valence electrons. The number of urea groups is 1. The maximum Gasteiger partial charge on any atom is 0.312 e. The Morgan fingerprint density at radius 3 is 2.17 bits per heavy atom. The molecule has 0 heterocycles. The van der Waals surface area contributed by atoms with Gasteiger partial charge in [0.15, 0.2) is 0 Å². The molecular weight excluding hydrogens is 320 g/mol. The molecule has 1 unspecified atom stereocenters. The molecule has 8 nitrogen and oxygen atoms in total. The summed E-state index contributed by atoms with van der Waals surface area (Å²) >= 11 is 0. The molecule has 5 N–H and O–H groups in total. The number of nitrogens with two attached hydrogens (primary N) is 1. The highest BCUT2D eigenvalue weighted by molar-refractivity contribution is 7.89. The van der Waals surface area contributed by atoms with Crippen molar-refractivity contribution in [2.45, 2.75) is 31.3 Å². The first-order valence-corrected chi connectivity index (χ1v) is 8.52. The van der Waals surface area contributed by atoms with E-state index in [9.17, 15) is 18.0 Å². The number of sulfonamides is 1. The number of benzene rings is 1. The molecular formula is C14H22N4O4S. The summed E-state index contributed by atoms with van der Waals surface area (Å²) in [4.78, 5) is 23.1. The standard InChI is InChI=1S/C14H22N4O4S/c1-9(2)12(18-14(15)20)13(19)17-8-10-4-6-11(7-5-10)23(21,22)16-3/h4-7,9,12,16H,8H2,1-3H3,(H,17,19)(H3,15,18,20). The predicted octanol–water partition coefficient (Wildman–Crippen LogP) is -0.0962. The van der Waals surface area contributed by atoms with E-state index in [4.69, 9.17) is 5.73 Å². The van der Waals surface area contributed by atoms with Gasteiger partial charge in [0.25, 0.3) is 0 Å². The Kier molecular flexibility index (Phi) is 6.52. The van der Waals surface area contributed by atoms with Crippen LogP contribution in [0.5, 0.6) is 0 Å². The number of carbonyl (C=O) groups excluding carboxylic acids is 2. The molecule has 0 aliphatic heterocycles. The van der Waals surface area contributed by atoms with Crippen LogP contribution in [0.15, 0.2) is 29.2 Å². The lowest BCUT2D eigenvalue weighted by Gasteiger charge is -2.20. The molecule has 0 saturated heterocycles. The fourth-order valence-corrected chi connectivity index (χ4v) is 2.62. The molecule has 0 aromatic heterocycles. The first-order chi connectivity index (χ1) is 10.7. The number of rotatable bonds is 7. The van der Waals surface area contributed by atoms with Crippen molar-refractivity contribution < 1.29 is 18.0 Å². The van der Waals surface area contributed by atoms with Crippen LogP contribution >= 0.6 is 0 Å². The van der Waals surface area contributed by atoms with E-state index in [1.165, 1.54) is 19.2 Å². The highest BCUT2D eigenvalue weighted by Crippen LogP contribution is 2.10. The Labute approximate surface area is 135 Å². The molecule has 9 heteroatoms. The smallest absolute Gasteiger partial charge is 0.312 e. The van der Waals surface area contributed by atoms with Crippen LogP contribution in [0.2, 0.25) is 0 Å². The second-order valence-corrected chi connectivity index (χ2v) is 7.19. The van der Waals surface area contributed by atoms with Crippen LogP contribution in [-0.2, 0) is 21.4 Å². The van der Waals surface area contributed by atoms with E-state index >= 15 is 0 Å². The minimum absolute atomic E-state index is 0.120. The molecule has 0 saturated carbocycles. The lowest BCUT2D eigenvalue weighted by atomic mass is 10.0. The number of carbonyl (C=O) groups is 2. The lowest BCUT2D eigenvalue weighted by molar-refractivity contribution is -0.124. The Hall–Kier alpha value is -2.13. The van der Waals surface area contributed by atoms with Gasteiger partial charge < -0.3 is 16.4 Å². The van der Waals surface area contributed by atoms with Crippen molar-refractivity contribution in [1.82, 2.24) is 15.4 Å². The zero-order chi connectivity index (χ0) is 17.6. The third-order valence-electron chi connectivity index (χ3n) is 3.22. The van der Waals surface area contributed by atoms with Gasteiger partial charge in [0.2, 0.25) is 15.9 Å². The second-order valence-electron chi connectivity index (χ2n) is 5.30. The highest BCUT2D eigenvalue weighted by atomic mass is 32.2. The average Bonchev–Trinajstić information content (AvgIpc) is 2.50. The van der Waals surface area contributed by atoms with E-state index in [2.05, 4.69) is 15.4 Å². The molecule has 0 radical (unpaired) electrons. The van der Waals surface area contributed by atoms with E-state index in [1.807, 2.05) is 0 Å². The van der Waals surface area contributed by atoms with Crippen molar-refractivity contribution in [2.24, 2.45) is 11.7 Å². The summed E-state index contributed by atoms with van der Waals surface area (Å²) in [5.41, 5.74) is 5.79. The summed E-state index contributed by atoms with van der Waals surface area (Å²) in [6.07, 6.45) is 0. The average molecular weight is 342 g/mol. The van der Waals surface area contributed by atoms with Crippen molar-refractivity contribution in [2.75, 3.05) is 7.05 Å². The van der Waals surface area contributed by atoms with Gasteiger partial charge in [-0.25, -0.2) is 17.9 Å². The number of hydrogen-bond donors (Lipinski definition) is 4. The summed E-state index contributed by atoms with van der Waals surface area (Å²) < 4.78 is 25.4. The van der Waals surface area contributed by atoms with Gasteiger partial charge in [-0.3, -0.25) is 4.79 Å². The first-order valence-electron chi connectivity index (χ1n) is 7.03. The fourth-order valence-electron chi connectivity index (χ4n) is 1.89. The largest absolute Gasteiger partial charge is 0.352 e. The monoisotopic (exact) mass is 342 g/mol. The van der Waals surface area contributed by atoms with Crippen molar-refractivity contribution in [3.05, 3.63) is 29.8 Å². The minimum Gasteiger partial charge on any atom is -0.352 e. The third kappa shape index (κ3) is 5.53. The topological polar surface area (TPSA) is 130 Å². The van der Waals surface area contributed by atoms with E-state index in [-0.39, 0.29) is 23.3 Å². The Morgan fingerprint density at radius 2 is 1.74 bits per heavy atom. The molecule has 0 spiro atoms. The van der Waals surface area contributed by atoms with Gasteiger partial charge >= 0.3 is 6.03 Å². The maximum atomic E-state index is 12.1. The molecule has 1 aromatic rings. The summed E-state index contributed by atoms with van der Waals surface area (Å²) in [7, 11) is -2.15.